The van der Waals surface area contributed by atoms with Crippen molar-refractivity contribution < 1.29 is 13.6 Å². The summed E-state index contributed by atoms with van der Waals surface area (Å²) in [6.45, 7) is 2.54. The number of carbonyl (C=O) groups is 1. The fraction of sp³-hybridized carbons (Fsp3) is 0.417. The second-order valence-electron chi connectivity index (χ2n) is 3.92. The molecule has 0 spiro atoms. The predicted molar refractivity (Wildman–Crippen MR) is 66.0 cm³/mol. The summed E-state index contributed by atoms with van der Waals surface area (Å²) in [4.78, 5) is 11.6. The molecule has 100 valence electrons. The minimum atomic E-state index is -0.892. The van der Waals surface area contributed by atoms with Crippen molar-refractivity contribution in [2.45, 2.75) is 26.2 Å². The summed E-state index contributed by atoms with van der Waals surface area (Å²) in [6, 6.07) is 1.90. The zero-order valence-electron chi connectivity index (χ0n) is 10.2. The van der Waals surface area contributed by atoms with Crippen LogP contribution in [0.15, 0.2) is 12.1 Å². The SMILES string of the molecule is CCCCCNC(=O)c1cc(F)c(NN)c(F)c1. The molecule has 0 saturated carbocycles. The van der Waals surface area contributed by atoms with Crippen molar-refractivity contribution in [3.05, 3.63) is 29.3 Å². The molecule has 0 radical (unpaired) electrons. The maximum Gasteiger partial charge on any atom is 0.251 e. The fourth-order valence-corrected chi connectivity index (χ4v) is 1.52. The number of nitrogens with one attached hydrogen (secondary N) is 2. The van der Waals surface area contributed by atoms with Crippen molar-refractivity contribution in [3.63, 3.8) is 0 Å². The summed E-state index contributed by atoms with van der Waals surface area (Å²) in [6.07, 6.45) is 2.88. The van der Waals surface area contributed by atoms with Crippen LogP contribution in [0.25, 0.3) is 0 Å². The summed E-state index contributed by atoms with van der Waals surface area (Å²) in [7, 11) is 0. The number of hydrazine groups is 1. The highest BCUT2D eigenvalue weighted by Gasteiger charge is 2.14. The number of amides is 1. The number of unbranched alkanes of at least 4 members (excludes halogenated alkanes) is 2. The van der Waals surface area contributed by atoms with Gasteiger partial charge < -0.3 is 10.7 Å². The molecule has 6 heteroatoms. The van der Waals surface area contributed by atoms with Crippen molar-refractivity contribution in [2.24, 2.45) is 5.84 Å². The van der Waals surface area contributed by atoms with Crippen molar-refractivity contribution in [3.8, 4) is 0 Å². The molecule has 0 saturated heterocycles. The Bertz CT molecular complexity index is 401. The van der Waals surface area contributed by atoms with E-state index in [0.29, 0.717) is 6.54 Å². The first-order valence-electron chi connectivity index (χ1n) is 5.84. The molecule has 0 aliphatic rings. The van der Waals surface area contributed by atoms with Gasteiger partial charge in [-0.2, -0.15) is 0 Å². The highest BCUT2D eigenvalue weighted by molar-refractivity contribution is 5.94. The predicted octanol–water partition coefficient (Wildman–Crippen LogP) is 2.17. The molecule has 0 bridgehead atoms. The molecule has 0 atom stereocenters. The number of hydrogen-bond donors (Lipinski definition) is 3. The van der Waals surface area contributed by atoms with E-state index < -0.39 is 23.2 Å². The first kappa shape index (κ1) is 14.4. The van der Waals surface area contributed by atoms with Crippen LogP contribution in [0, 0.1) is 11.6 Å². The molecule has 18 heavy (non-hydrogen) atoms. The van der Waals surface area contributed by atoms with E-state index in [1.165, 1.54) is 0 Å². The van der Waals surface area contributed by atoms with E-state index in [4.69, 9.17) is 5.84 Å². The lowest BCUT2D eigenvalue weighted by molar-refractivity contribution is 0.0952. The Morgan fingerprint density at radius 2 is 1.89 bits per heavy atom. The zero-order valence-corrected chi connectivity index (χ0v) is 10.2. The standard InChI is InChI=1S/C12H17F2N3O/c1-2-3-4-5-16-12(18)8-6-9(13)11(17-15)10(14)7-8/h6-7,17H,2-5,15H2,1H3,(H,16,18). The van der Waals surface area contributed by atoms with E-state index >= 15 is 0 Å². The summed E-state index contributed by atoms with van der Waals surface area (Å²) < 4.78 is 26.7. The van der Waals surface area contributed by atoms with Gasteiger partial charge in [0.05, 0.1) is 0 Å². The Morgan fingerprint density at radius 3 is 2.39 bits per heavy atom. The Morgan fingerprint density at radius 1 is 1.28 bits per heavy atom. The molecule has 1 amide bonds. The van der Waals surface area contributed by atoms with Crippen LogP contribution in [0.4, 0.5) is 14.5 Å². The van der Waals surface area contributed by atoms with E-state index in [-0.39, 0.29) is 5.56 Å². The Kier molecular flexibility index (Phi) is 5.51. The maximum absolute atomic E-state index is 13.4. The van der Waals surface area contributed by atoms with E-state index in [2.05, 4.69) is 5.32 Å². The molecule has 0 fully saturated rings. The highest BCUT2D eigenvalue weighted by atomic mass is 19.1. The van der Waals surface area contributed by atoms with Gasteiger partial charge in [0, 0.05) is 12.1 Å². The molecular weight excluding hydrogens is 240 g/mol. The Balaban J connectivity index is 2.69. The van der Waals surface area contributed by atoms with Gasteiger partial charge in [0.2, 0.25) is 0 Å². The van der Waals surface area contributed by atoms with Crippen LogP contribution < -0.4 is 16.6 Å². The zero-order chi connectivity index (χ0) is 13.5. The van der Waals surface area contributed by atoms with Crippen LogP contribution in [0.1, 0.15) is 36.5 Å². The topological polar surface area (TPSA) is 67.2 Å². The number of benzene rings is 1. The van der Waals surface area contributed by atoms with Crippen molar-refractivity contribution in [1.29, 1.82) is 0 Å². The quantitative estimate of drug-likeness (QED) is 0.415. The minimum absolute atomic E-state index is 0.0551. The molecule has 0 unspecified atom stereocenters. The van der Waals surface area contributed by atoms with Gasteiger partial charge in [0.1, 0.15) is 5.69 Å². The van der Waals surface area contributed by atoms with Gasteiger partial charge in [0.25, 0.3) is 5.91 Å². The normalized spacial score (nSPS) is 10.2. The molecule has 1 aromatic carbocycles. The van der Waals surface area contributed by atoms with Crippen molar-refractivity contribution in [1.82, 2.24) is 5.32 Å². The molecule has 4 N–H and O–H groups in total. The minimum Gasteiger partial charge on any atom is -0.352 e. The van der Waals surface area contributed by atoms with Crippen LogP contribution in [0.3, 0.4) is 0 Å². The van der Waals surface area contributed by atoms with Crippen molar-refractivity contribution >= 4 is 11.6 Å². The van der Waals surface area contributed by atoms with Gasteiger partial charge >= 0.3 is 0 Å². The van der Waals surface area contributed by atoms with Gasteiger partial charge in [-0.05, 0) is 18.6 Å². The van der Waals surface area contributed by atoms with E-state index in [1.807, 2.05) is 12.3 Å². The molecule has 0 aliphatic carbocycles. The molecule has 0 aliphatic heterocycles. The van der Waals surface area contributed by atoms with Crippen LogP contribution >= 0.6 is 0 Å². The number of rotatable bonds is 6. The number of hydrogen-bond acceptors (Lipinski definition) is 3. The number of anilines is 1. The number of halogens is 2. The van der Waals surface area contributed by atoms with E-state index in [9.17, 15) is 13.6 Å². The van der Waals surface area contributed by atoms with Gasteiger partial charge in [-0.1, -0.05) is 19.8 Å². The van der Waals surface area contributed by atoms with E-state index in [0.717, 1.165) is 31.4 Å². The van der Waals surface area contributed by atoms with Gasteiger partial charge in [0.15, 0.2) is 11.6 Å². The summed E-state index contributed by atoms with van der Waals surface area (Å²) in [5, 5.41) is 2.60. The van der Waals surface area contributed by atoms with Gasteiger partial charge in [-0.25, -0.2) is 8.78 Å². The largest absolute Gasteiger partial charge is 0.352 e. The number of nitrogen functional groups attached to an aromatic ring is 1. The average Bonchev–Trinajstić information content (AvgIpc) is 2.34. The first-order valence-corrected chi connectivity index (χ1v) is 5.84. The smallest absolute Gasteiger partial charge is 0.251 e. The molecule has 1 aromatic rings. The Labute approximate surface area is 105 Å². The van der Waals surface area contributed by atoms with Gasteiger partial charge in [-0.15, -0.1) is 0 Å². The molecule has 0 heterocycles. The molecule has 0 aromatic heterocycles. The second kappa shape index (κ2) is 6.90. The average molecular weight is 257 g/mol. The van der Waals surface area contributed by atoms with Crippen molar-refractivity contribution in [2.75, 3.05) is 12.0 Å². The lowest BCUT2D eigenvalue weighted by atomic mass is 10.1. The highest BCUT2D eigenvalue weighted by Crippen LogP contribution is 2.19. The lowest BCUT2D eigenvalue weighted by Crippen LogP contribution is -2.25. The maximum atomic E-state index is 13.4. The van der Waals surface area contributed by atoms with Crippen LogP contribution in [0.2, 0.25) is 0 Å². The van der Waals surface area contributed by atoms with Gasteiger partial charge in [-0.3, -0.25) is 10.6 Å². The third-order valence-electron chi connectivity index (χ3n) is 2.51. The molecule has 4 nitrogen and oxygen atoms in total. The number of nitrogens with two attached hydrogens (primary N) is 1. The van der Waals surface area contributed by atoms with Crippen LogP contribution in [-0.2, 0) is 0 Å². The fourth-order valence-electron chi connectivity index (χ4n) is 1.52. The second-order valence-corrected chi connectivity index (χ2v) is 3.92. The summed E-state index contributed by atoms with van der Waals surface area (Å²) in [5.74, 6) is 2.68. The first-order chi connectivity index (χ1) is 8.60. The summed E-state index contributed by atoms with van der Waals surface area (Å²) >= 11 is 0. The van der Waals surface area contributed by atoms with Crippen LogP contribution in [-0.4, -0.2) is 12.5 Å². The van der Waals surface area contributed by atoms with E-state index in [1.54, 1.807) is 0 Å². The monoisotopic (exact) mass is 257 g/mol. The summed E-state index contributed by atoms with van der Waals surface area (Å²) in [5.41, 5.74) is 1.41. The third kappa shape index (κ3) is 3.66. The lowest BCUT2D eigenvalue weighted by Gasteiger charge is -2.08. The molecule has 1 rings (SSSR count). The molecular formula is C12H17F2N3O. The Hall–Kier alpha value is -1.69. The third-order valence-corrected chi connectivity index (χ3v) is 2.51. The number of carbonyl (C=O) groups excluding carboxylic acids is 1. The van der Waals surface area contributed by atoms with Crippen LogP contribution in [0.5, 0.6) is 0 Å².